The van der Waals surface area contributed by atoms with Crippen molar-refractivity contribution in [3.63, 3.8) is 0 Å². The highest BCUT2D eigenvalue weighted by molar-refractivity contribution is 8.00. The zero-order chi connectivity index (χ0) is 16.2. The average molecular weight is 350 g/mol. The Bertz CT molecular complexity index is 842. The van der Waals surface area contributed by atoms with Gasteiger partial charge in [0.05, 0.1) is 10.6 Å². The minimum atomic E-state index is -0.574. The van der Waals surface area contributed by atoms with Crippen LogP contribution in [-0.4, -0.2) is 25.1 Å². The van der Waals surface area contributed by atoms with Gasteiger partial charge < -0.3 is 5.32 Å². The van der Waals surface area contributed by atoms with Crippen LogP contribution in [0.3, 0.4) is 0 Å². The number of hydrogen-bond donors (Lipinski definition) is 1. The highest BCUT2D eigenvalue weighted by Crippen LogP contribution is 2.31. The summed E-state index contributed by atoms with van der Waals surface area (Å²) in [4.78, 5) is 17.7. The fourth-order valence-electron chi connectivity index (χ4n) is 1.51. The van der Waals surface area contributed by atoms with E-state index in [1.165, 1.54) is 17.4 Å². The summed E-state index contributed by atoms with van der Waals surface area (Å²) in [7, 11) is 0. The van der Waals surface area contributed by atoms with Crippen LogP contribution in [-0.2, 0) is 0 Å². The van der Waals surface area contributed by atoms with E-state index in [0.29, 0.717) is 20.3 Å². The van der Waals surface area contributed by atoms with Crippen LogP contribution in [0.25, 0.3) is 0 Å². The Morgan fingerprint density at radius 2 is 1.96 bits per heavy atom. The normalized spacial score (nSPS) is 10.5. The lowest BCUT2D eigenvalue weighted by atomic mass is 10.3. The number of anilines is 2. The first-order valence-electron chi connectivity index (χ1n) is 6.11. The smallest absolute Gasteiger partial charge is 0.305 e. The molecule has 0 bridgehead atoms. The summed E-state index contributed by atoms with van der Waals surface area (Å²) in [5.41, 5.74) is 0.111. The zero-order valence-corrected chi connectivity index (χ0v) is 12.8. The lowest BCUT2D eigenvalue weighted by Gasteiger charge is -2.01. The molecular formula is C12H7FN6O2S2. The Labute approximate surface area is 137 Å². The Kier molecular flexibility index (Phi) is 4.39. The molecular weight excluding hydrogens is 343 g/mol. The molecule has 3 aromatic rings. The predicted octanol–water partition coefficient (Wildman–Crippen LogP) is 3.27. The lowest BCUT2D eigenvalue weighted by molar-refractivity contribution is -0.385. The third-order valence-corrected chi connectivity index (χ3v) is 4.31. The first kappa shape index (κ1) is 15.2. The molecule has 0 aliphatic heterocycles. The fraction of sp³-hybridized carbons (Fsp3) is 0. The van der Waals surface area contributed by atoms with Crippen molar-refractivity contribution in [2.75, 3.05) is 5.32 Å². The molecule has 0 aliphatic carbocycles. The molecule has 1 aromatic carbocycles. The molecule has 0 saturated carbocycles. The van der Waals surface area contributed by atoms with Crippen LogP contribution in [0.15, 0.2) is 46.2 Å². The molecule has 2 aromatic heterocycles. The van der Waals surface area contributed by atoms with Crippen LogP contribution in [0.5, 0.6) is 0 Å². The maximum absolute atomic E-state index is 13.5. The Morgan fingerprint density at radius 3 is 2.65 bits per heavy atom. The van der Waals surface area contributed by atoms with Crippen molar-refractivity contribution in [2.24, 2.45) is 0 Å². The quantitative estimate of drug-likeness (QED) is 0.424. The van der Waals surface area contributed by atoms with E-state index in [0.717, 1.165) is 24.2 Å². The van der Waals surface area contributed by atoms with Crippen molar-refractivity contribution in [3.05, 3.63) is 52.6 Å². The zero-order valence-electron chi connectivity index (χ0n) is 11.2. The van der Waals surface area contributed by atoms with Gasteiger partial charge in [-0.3, -0.25) is 10.1 Å². The minimum Gasteiger partial charge on any atom is -0.328 e. The number of hydrogen-bond acceptors (Lipinski definition) is 9. The number of para-hydroxylation sites is 1. The van der Waals surface area contributed by atoms with Gasteiger partial charge in [0.25, 0.3) is 0 Å². The van der Waals surface area contributed by atoms with Crippen LogP contribution >= 0.6 is 23.1 Å². The molecule has 0 fully saturated rings. The molecule has 0 atom stereocenters. The maximum atomic E-state index is 13.5. The van der Waals surface area contributed by atoms with E-state index >= 15 is 0 Å². The number of nitrogens with one attached hydrogen (secondary N) is 1. The van der Waals surface area contributed by atoms with Gasteiger partial charge >= 0.3 is 5.69 Å². The molecule has 11 heteroatoms. The first-order valence-corrected chi connectivity index (χ1v) is 7.74. The Hall–Kier alpha value is -2.66. The molecule has 2 heterocycles. The SMILES string of the molecule is O=[N+]([O-])c1cnc(Sc2nnc(Nc3ccccc3F)s2)nc1. The van der Waals surface area contributed by atoms with Gasteiger partial charge in [-0.25, -0.2) is 14.4 Å². The molecule has 0 unspecified atom stereocenters. The van der Waals surface area contributed by atoms with Gasteiger partial charge in [-0.1, -0.05) is 23.5 Å². The summed E-state index contributed by atoms with van der Waals surface area (Å²) in [6.45, 7) is 0. The van der Waals surface area contributed by atoms with Gasteiger partial charge in [0.15, 0.2) is 9.50 Å². The van der Waals surface area contributed by atoms with E-state index in [1.54, 1.807) is 18.2 Å². The molecule has 8 nitrogen and oxygen atoms in total. The molecule has 1 N–H and O–H groups in total. The standard InChI is InChI=1S/C12H7FN6O2S2/c13-8-3-1-2-4-9(8)16-11-17-18-12(23-11)22-10-14-5-7(6-15-10)19(20)21/h1-6H,(H,16,17). The molecule has 0 aliphatic rings. The number of rotatable bonds is 5. The molecule has 0 spiro atoms. The van der Waals surface area contributed by atoms with Gasteiger partial charge in [-0.2, -0.15) is 0 Å². The predicted molar refractivity (Wildman–Crippen MR) is 82.4 cm³/mol. The van der Waals surface area contributed by atoms with E-state index in [-0.39, 0.29) is 5.69 Å². The maximum Gasteiger partial charge on any atom is 0.305 e. The van der Waals surface area contributed by atoms with Crippen LogP contribution in [0.2, 0.25) is 0 Å². The lowest BCUT2D eigenvalue weighted by Crippen LogP contribution is -1.92. The highest BCUT2D eigenvalue weighted by Gasteiger charge is 2.11. The van der Waals surface area contributed by atoms with Crippen molar-refractivity contribution >= 4 is 39.6 Å². The summed E-state index contributed by atoms with van der Waals surface area (Å²) >= 11 is 2.30. The molecule has 23 heavy (non-hydrogen) atoms. The molecule has 3 rings (SSSR count). The second-order valence-corrected chi connectivity index (χ2v) is 6.25. The van der Waals surface area contributed by atoms with Crippen molar-refractivity contribution in [1.29, 1.82) is 0 Å². The monoisotopic (exact) mass is 350 g/mol. The van der Waals surface area contributed by atoms with E-state index < -0.39 is 10.7 Å². The number of halogens is 1. The topological polar surface area (TPSA) is 107 Å². The fourth-order valence-corrected chi connectivity index (χ4v) is 3.08. The third kappa shape index (κ3) is 3.76. The van der Waals surface area contributed by atoms with Gasteiger partial charge in [-0.15, -0.1) is 10.2 Å². The van der Waals surface area contributed by atoms with E-state index in [1.807, 2.05) is 0 Å². The summed E-state index contributed by atoms with van der Waals surface area (Å²) < 4.78 is 14.1. The summed E-state index contributed by atoms with van der Waals surface area (Å²) in [6.07, 6.45) is 2.24. The van der Waals surface area contributed by atoms with E-state index in [4.69, 9.17) is 0 Å². The summed E-state index contributed by atoms with van der Waals surface area (Å²) in [5, 5.41) is 21.9. The van der Waals surface area contributed by atoms with E-state index in [2.05, 4.69) is 25.5 Å². The Balaban J connectivity index is 1.70. The number of aromatic nitrogens is 4. The molecule has 116 valence electrons. The first-order chi connectivity index (χ1) is 11.1. The summed E-state index contributed by atoms with van der Waals surface area (Å²) in [5.74, 6) is -0.393. The number of nitro groups is 1. The van der Waals surface area contributed by atoms with Gasteiger partial charge in [0, 0.05) is 0 Å². The van der Waals surface area contributed by atoms with Crippen LogP contribution in [0, 0.1) is 15.9 Å². The molecule has 0 radical (unpaired) electrons. The largest absolute Gasteiger partial charge is 0.328 e. The van der Waals surface area contributed by atoms with Crippen molar-refractivity contribution in [1.82, 2.24) is 20.2 Å². The van der Waals surface area contributed by atoms with Crippen LogP contribution in [0.1, 0.15) is 0 Å². The van der Waals surface area contributed by atoms with Crippen molar-refractivity contribution in [3.8, 4) is 0 Å². The Morgan fingerprint density at radius 1 is 1.22 bits per heavy atom. The highest BCUT2D eigenvalue weighted by atomic mass is 32.2. The second kappa shape index (κ2) is 6.62. The molecule has 0 saturated heterocycles. The van der Waals surface area contributed by atoms with Gasteiger partial charge in [-0.05, 0) is 23.9 Å². The molecule has 0 amide bonds. The van der Waals surface area contributed by atoms with Gasteiger partial charge in [0.2, 0.25) is 5.13 Å². The third-order valence-electron chi connectivity index (χ3n) is 2.53. The number of nitrogens with zero attached hydrogens (tertiary/aromatic N) is 5. The van der Waals surface area contributed by atoms with Crippen LogP contribution in [0.4, 0.5) is 20.9 Å². The van der Waals surface area contributed by atoms with Crippen molar-refractivity contribution in [2.45, 2.75) is 9.50 Å². The van der Waals surface area contributed by atoms with Crippen molar-refractivity contribution < 1.29 is 9.31 Å². The second-order valence-electron chi connectivity index (χ2n) is 4.06. The average Bonchev–Trinajstić information content (AvgIpc) is 2.97. The van der Waals surface area contributed by atoms with E-state index in [9.17, 15) is 14.5 Å². The van der Waals surface area contributed by atoms with Gasteiger partial charge in [0.1, 0.15) is 18.2 Å². The van der Waals surface area contributed by atoms with Crippen LogP contribution < -0.4 is 5.32 Å². The summed E-state index contributed by atoms with van der Waals surface area (Å²) in [6, 6.07) is 6.22. The minimum absolute atomic E-state index is 0.187. The number of benzene rings is 1.